The third kappa shape index (κ3) is 5.83. The molecule has 0 atom stereocenters. The molecule has 1 aliphatic carbocycles. The Labute approximate surface area is 209 Å². The maximum Gasteiger partial charge on any atom is 0.319 e. The molecular weight excluding hydrogens is 461 g/mol. The van der Waals surface area contributed by atoms with E-state index in [2.05, 4.69) is 26.6 Å². The highest BCUT2D eigenvalue weighted by atomic mass is 19.1. The molecular formula is C27H28FN5O3. The molecule has 36 heavy (non-hydrogen) atoms. The normalized spacial score (nSPS) is 15.4. The fourth-order valence-corrected chi connectivity index (χ4v) is 4.28. The molecule has 2 aliphatic rings. The molecule has 9 heteroatoms. The highest BCUT2D eigenvalue weighted by Crippen LogP contribution is 2.34. The van der Waals surface area contributed by atoms with E-state index in [1.165, 1.54) is 25.0 Å². The summed E-state index contributed by atoms with van der Waals surface area (Å²) in [6.07, 6.45) is 6.88. The number of ether oxygens (including phenoxy) is 2. The van der Waals surface area contributed by atoms with Crippen LogP contribution in [-0.4, -0.2) is 48.2 Å². The Morgan fingerprint density at radius 2 is 2.00 bits per heavy atom. The predicted molar refractivity (Wildman–Crippen MR) is 134 cm³/mol. The minimum absolute atomic E-state index is 0.0679. The summed E-state index contributed by atoms with van der Waals surface area (Å²) < 4.78 is 26.5. The molecule has 0 spiro atoms. The van der Waals surface area contributed by atoms with Gasteiger partial charge in [-0.25, -0.2) is 9.18 Å². The van der Waals surface area contributed by atoms with Gasteiger partial charge in [-0.1, -0.05) is 0 Å². The van der Waals surface area contributed by atoms with Crippen LogP contribution in [0.25, 0.3) is 10.9 Å². The van der Waals surface area contributed by atoms with Crippen molar-refractivity contribution in [2.24, 2.45) is 0 Å². The van der Waals surface area contributed by atoms with Gasteiger partial charge in [0.05, 0.1) is 23.4 Å². The molecule has 0 unspecified atom stereocenters. The van der Waals surface area contributed by atoms with Gasteiger partial charge in [0.15, 0.2) is 0 Å². The third-order valence-electron chi connectivity index (χ3n) is 6.33. The first-order valence-corrected chi connectivity index (χ1v) is 12.3. The Bertz CT molecular complexity index is 1300. The van der Waals surface area contributed by atoms with E-state index in [1.54, 1.807) is 30.5 Å². The lowest BCUT2D eigenvalue weighted by Crippen LogP contribution is -2.30. The van der Waals surface area contributed by atoms with Gasteiger partial charge in [0.25, 0.3) is 0 Å². The standard InChI is InChI=1S/C27H28FN5O3/c28-22-15-20(6-7-23(22)32-27(34)31-19-4-5-19)36-25-8-9-30-24-16-26(18(17-29)14-21(24)25)35-13-3-12-33-10-1-2-11-33/h6-9,14-16,19H,1-5,10-13H2,(H2,31,32,34). The van der Waals surface area contributed by atoms with Gasteiger partial charge in [0.1, 0.15) is 29.1 Å². The van der Waals surface area contributed by atoms with Crippen molar-refractivity contribution in [2.75, 3.05) is 31.6 Å². The van der Waals surface area contributed by atoms with E-state index in [4.69, 9.17) is 9.47 Å². The number of halogens is 1. The summed E-state index contributed by atoms with van der Waals surface area (Å²) in [5.41, 5.74) is 1.06. The summed E-state index contributed by atoms with van der Waals surface area (Å²) in [5.74, 6) is 0.568. The number of likely N-dealkylation sites (tertiary alicyclic amines) is 1. The number of urea groups is 1. The molecule has 1 aromatic heterocycles. The first-order valence-electron chi connectivity index (χ1n) is 12.3. The summed E-state index contributed by atoms with van der Waals surface area (Å²) in [4.78, 5) is 18.7. The van der Waals surface area contributed by atoms with Crippen LogP contribution in [0.2, 0.25) is 0 Å². The predicted octanol–water partition coefficient (Wildman–Crippen LogP) is 5.19. The first kappa shape index (κ1) is 23.8. The van der Waals surface area contributed by atoms with Crippen LogP contribution >= 0.6 is 0 Å². The average Bonchev–Trinajstić information content (AvgIpc) is 3.53. The van der Waals surface area contributed by atoms with Gasteiger partial charge in [-0.3, -0.25) is 4.98 Å². The van der Waals surface area contributed by atoms with Gasteiger partial charge in [-0.15, -0.1) is 0 Å². The summed E-state index contributed by atoms with van der Waals surface area (Å²) in [7, 11) is 0. The molecule has 3 aromatic rings. The zero-order valence-corrected chi connectivity index (χ0v) is 19.9. The molecule has 2 aromatic carbocycles. The fourth-order valence-electron chi connectivity index (χ4n) is 4.28. The molecule has 1 saturated carbocycles. The van der Waals surface area contributed by atoms with Crippen molar-refractivity contribution < 1.29 is 18.7 Å². The minimum Gasteiger partial charge on any atom is -0.492 e. The van der Waals surface area contributed by atoms with Crippen molar-refractivity contribution in [3.05, 3.63) is 54.0 Å². The Kier molecular flexibility index (Phi) is 7.14. The van der Waals surface area contributed by atoms with Crippen LogP contribution in [0.5, 0.6) is 17.2 Å². The highest BCUT2D eigenvalue weighted by Gasteiger charge is 2.23. The molecule has 2 amide bonds. The van der Waals surface area contributed by atoms with Crippen molar-refractivity contribution in [1.29, 1.82) is 5.26 Å². The lowest BCUT2D eigenvalue weighted by atomic mass is 10.1. The Balaban J connectivity index is 1.28. The van der Waals surface area contributed by atoms with Crippen LogP contribution in [-0.2, 0) is 0 Å². The van der Waals surface area contributed by atoms with E-state index < -0.39 is 11.8 Å². The van der Waals surface area contributed by atoms with Gasteiger partial charge in [-0.05, 0) is 69.5 Å². The quantitative estimate of drug-likeness (QED) is 0.402. The van der Waals surface area contributed by atoms with Crippen molar-refractivity contribution >= 4 is 22.6 Å². The number of amides is 2. The number of hydrogen-bond donors (Lipinski definition) is 2. The van der Waals surface area contributed by atoms with Crippen LogP contribution in [0, 0.1) is 17.1 Å². The molecule has 0 radical (unpaired) electrons. The van der Waals surface area contributed by atoms with Crippen LogP contribution in [0.15, 0.2) is 42.6 Å². The fraction of sp³-hybridized carbons (Fsp3) is 0.370. The molecule has 2 fully saturated rings. The molecule has 2 heterocycles. The molecule has 1 saturated heterocycles. The second-order valence-electron chi connectivity index (χ2n) is 9.15. The van der Waals surface area contributed by atoms with Crippen molar-refractivity contribution in [3.63, 3.8) is 0 Å². The number of nitriles is 1. The molecule has 5 rings (SSSR count). The number of aromatic nitrogens is 1. The van der Waals surface area contributed by atoms with Crippen LogP contribution < -0.4 is 20.1 Å². The molecule has 186 valence electrons. The lowest BCUT2D eigenvalue weighted by Gasteiger charge is -2.15. The average molecular weight is 490 g/mol. The molecule has 0 bridgehead atoms. The molecule has 8 nitrogen and oxygen atoms in total. The summed E-state index contributed by atoms with van der Waals surface area (Å²) in [6.45, 7) is 3.79. The number of nitrogens with one attached hydrogen (secondary N) is 2. The Hall–Kier alpha value is -3.90. The van der Waals surface area contributed by atoms with E-state index in [0.717, 1.165) is 38.9 Å². The third-order valence-corrected chi connectivity index (χ3v) is 6.33. The van der Waals surface area contributed by atoms with Crippen LogP contribution in [0.3, 0.4) is 0 Å². The topological polar surface area (TPSA) is 99.5 Å². The highest BCUT2D eigenvalue weighted by molar-refractivity contribution is 5.90. The summed E-state index contributed by atoms with van der Waals surface area (Å²) in [6, 6.07) is 11.3. The number of carbonyl (C=O) groups is 1. The number of carbonyl (C=O) groups excluding carboxylic acids is 1. The maximum atomic E-state index is 14.6. The van der Waals surface area contributed by atoms with Gasteiger partial charge in [0, 0.05) is 36.3 Å². The van der Waals surface area contributed by atoms with E-state index in [9.17, 15) is 14.4 Å². The number of anilines is 1. The van der Waals surface area contributed by atoms with Gasteiger partial charge in [-0.2, -0.15) is 5.26 Å². The Morgan fingerprint density at radius 1 is 1.17 bits per heavy atom. The van der Waals surface area contributed by atoms with Crippen LogP contribution in [0.4, 0.5) is 14.9 Å². The number of benzene rings is 2. The number of nitrogens with zero attached hydrogens (tertiary/aromatic N) is 3. The SMILES string of the molecule is N#Cc1cc2c(Oc3ccc(NC(=O)NC4CC4)c(F)c3)ccnc2cc1OCCCN1CCCC1. The van der Waals surface area contributed by atoms with Gasteiger partial charge in [0.2, 0.25) is 0 Å². The number of hydrogen-bond acceptors (Lipinski definition) is 6. The monoisotopic (exact) mass is 489 g/mol. The van der Waals surface area contributed by atoms with E-state index >= 15 is 0 Å². The van der Waals surface area contributed by atoms with Crippen molar-refractivity contribution in [2.45, 2.75) is 38.1 Å². The second kappa shape index (κ2) is 10.8. The van der Waals surface area contributed by atoms with Crippen molar-refractivity contribution in [3.8, 4) is 23.3 Å². The number of pyridine rings is 1. The largest absolute Gasteiger partial charge is 0.492 e. The zero-order chi connectivity index (χ0) is 24.9. The number of rotatable bonds is 9. The Morgan fingerprint density at radius 3 is 2.75 bits per heavy atom. The van der Waals surface area contributed by atoms with Gasteiger partial charge < -0.3 is 25.0 Å². The molecule has 2 N–H and O–H groups in total. The molecule has 1 aliphatic heterocycles. The maximum absolute atomic E-state index is 14.6. The van der Waals surface area contributed by atoms with E-state index in [-0.39, 0.29) is 17.5 Å². The zero-order valence-electron chi connectivity index (χ0n) is 19.9. The summed E-state index contributed by atoms with van der Waals surface area (Å²) in [5, 5.41) is 15.6. The lowest BCUT2D eigenvalue weighted by molar-refractivity contribution is 0.251. The smallest absolute Gasteiger partial charge is 0.319 e. The van der Waals surface area contributed by atoms with Crippen LogP contribution in [0.1, 0.15) is 37.7 Å². The van der Waals surface area contributed by atoms with Gasteiger partial charge >= 0.3 is 6.03 Å². The van der Waals surface area contributed by atoms with Crippen molar-refractivity contribution in [1.82, 2.24) is 15.2 Å². The van der Waals surface area contributed by atoms with E-state index in [1.807, 2.05) is 0 Å². The van der Waals surface area contributed by atoms with E-state index in [0.29, 0.717) is 34.6 Å². The summed E-state index contributed by atoms with van der Waals surface area (Å²) >= 11 is 0. The minimum atomic E-state index is -0.612. The second-order valence-corrected chi connectivity index (χ2v) is 9.15. The first-order chi connectivity index (χ1) is 17.6. The number of fused-ring (bicyclic) bond motifs is 1.